The monoisotopic (exact) mass is 403 g/mol. The van der Waals surface area contributed by atoms with Gasteiger partial charge in [0.15, 0.2) is 17.1 Å². The molecule has 0 spiro atoms. The number of rotatable bonds is 3. The molecule has 1 aliphatic heterocycles. The standard InChI is InChI=1S/C18H18ClN5O2S/c1-27-18(21-12-20)22-13-4-5-15(14(19)11-13)23-6-8-24(9-7-23)17(25)16-3-2-10-26-16/h2-5,10-11H,6-9H2,1H3,(H,21,22). The minimum Gasteiger partial charge on any atom is -0.459 e. The number of benzene rings is 1. The van der Waals surface area contributed by atoms with E-state index in [2.05, 4.69) is 15.2 Å². The Morgan fingerprint density at radius 3 is 2.70 bits per heavy atom. The number of nitriles is 1. The molecular formula is C18H18ClN5O2S. The van der Waals surface area contributed by atoms with Crippen molar-refractivity contribution < 1.29 is 9.21 Å². The summed E-state index contributed by atoms with van der Waals surface area (Å²) in [5.74, 6) is 0.268. The highest BCUT2D eigenvalue weighted by molar-refractivity contribution is 8.13. The third-order valence-electron chi connectivity index (χ3n) is 4.16. The van der Waals surface area contributed by atoms with Crippen molar-refractivity contribution in [1.82, 2.24) is 10.2 Å². The first-order chi connectivity index (χ1) is 13.1. The summed E-state index contributed by atoms with van der Waals surface area (Å²) in [6.07, 6.45) is 5.20. The van der Waals surface area contributed by atoms with Crippen LogP contribution in [0.3, 0.4) is 0 Å². The molecule has 7 nitrogen and oxygen atoms in total. The molecule has 0 saturated carbocycles. The predicted octanol–water partition coefficient (Wildman–Crippen LogP) is 3.32. The fraction of sp³-hybridized carbons (Fsp3) is 0.278. The second-order valence-corrected chi connectivity index (χ2v) is 6.95. The Bertz CT molecular complexity index is 870. The number of hydrogen-bond donors (Lipinski definition) is 1. The summed E-state index contributed by atoms with van der Waals surface area (Å²) >= 11 is 7.79. The zero-order valence-electron chi connectivity index (χ0n) is 14.7. The van der Waals surface area contributed by atoms with Crippen LogP contribution in [-0.2, 0) is 0 Å². The number of amidine groups is 1. The number of nitrogens with zero attached hydrogens (tertiary/aromatic N) is 4. The molecule has 1 aliphatic rings. The molecule has 27 heavy (non-hydrogen) atoms. The Balaban J connectivity index is 1.66. The first-order valence-corrected chi connectivity index (χ1v) is 9.87. The lowest BCUT2D eigenvalue weighted by Gasteiger charge is -2.36. The van der Waals surface area contributed by atoms with Crippen LogP contribution in [0.1, 0.15) is 10.6 Å². The average molecular weight is 404 g/mol. The average Bonchev–Trinajstić information content (AvgIpc) is 3.22. The van der Waals surface area contributed by atoms with Gasteiger partial charge in [0.25, 0.3) is 5.91 Å². The quantitative estimate of drug-likeness (QED) is 0.366. The number of carbonyl (C=O) groups excluding carboxylic acids is 1. The van der Waals surface area contributed by atoms with Crippen LogP contribution in [0.2, 0.25) is 5.02 Å². The van der Waals surface area contributed by atoms with Crippen LogP contribution in [-0.4, -0.2) is 48.4 Å². The molecule has 9 heteroatoms. The number of piperazine rings is 1. The normalized spacial score (nSPS) is 14.8. The molecule has 0 unspecified atom stereocenters. The van der Waals surface area contributed by atoms with Crippen LogP contribution in [0.4, 0.5) is 11.4 Å². The minimum atomic E-state index is -0.0926. The molecule has 3 rings (SSSR count). The van der Waals surface area contributed by atoms with Gasteiger partial charge in [0.05, 0.1) is 22.7 Å². The van der Waals surface area contributed by atoms with Crippen LogP contribution in [0.5, 0.6) is 0 Å². The summed E-state index contributed by atoms with van der Waals surface area (Å²) < 4.78 is 5.19. The highest BCUT2D eigenvalue weighted by Gasteiger charge is 2.24. The number of halogens is 1. The first-order valence-electron chi connectivity index (χ1n) is 8.27. The Kier molecular flexibility index (Phi) is 6.27. The Hall–Kier alpha value is -2.63. The Labute approximate surface area is 166 Å². The van der Waals surface area contributed by atoms with E-state index in [-0.39, 0.29) is 5.91 Å². The summed E-state index contributed by atoms with van der Waals surface area (Å²) in [5.41, 5.74) is 1.57. The molecular weight excluding hydrogens is 386 g/mol. The maximum atomic E-state index is 12.3. The van der Waals surface area contributed by atoms with Crippen LogP contribution < -0.4 is 10.2 Å². The van der Waals surface area contributed by atoms with Crippen molar-refractivity contribution in [1.29, 1.82) is 5.26 Å². The lowest BCUT2D eigenvalue weighted by molar-refractivity contribution is 0.0714. The number of hydrogen-bond acceptors (Lipinski definition) is 6. The fourth-order valence-corrected chi connectivity index (χ4v) is 3.46. The van der Waals surface area contributed by atoms with Crippen molar-refractivity contribution in [3.05, 3.63) is 47.4 Å². The number of carbonyl (C=O) groups is 1. The van der Waals surface area contributed by atoms with Crippen LogP contribution in [0, 0.1) is 11.5 Å². The van der Waals surface area contributed by atoms with Gasteiger partial charge in [-0.05, 0) is 36.6 Å². The van der Waals surface area contributed by atoms with Crippen molar-refractivity contribution in [2.24, 2.45) is 4.99 Å². The summed E-state index contributed by atoms with van der Waals surface area (Å²) in [4.78, 5) is 20.6. The van der Waals surface area contributed by atoms with E-state index in [1.54, 1.807) is 23.1 Å². The molecule has 1 saturated heterocycles. The number of nitrogens with one attached hydrogen (secondary N) is 1. The van der Waals surface area contributed by atoms with Crippen LogP contribution >= 0.6 is 23.4 Å². The highest BCUT2D eigenvalue weighted by atomic mass is 35.5. The zero-order valence-corrected chi connectivity index (χ0v) is 16.3. The lowest BCUT2D eigenvalue weighted by Crippen LogP contribution is -2.48. The minimum absolute atomic E-state index is 0.0926. The van der Waals surface area contributed by atoms with Crippen molar-refractivity contribution in [3.8, 4) is 6.19 Å². The van der Waals surface area contributed by atoms with Crippen molar-refractivity contribution in [2.45, 2.75) is 0 Å². The number of thioether (sulfide) groups is 1. The van der Waals surface area contributed by atoms with Gasteiger partial charge in [-0.25, -0.2) is 4.99 Å². The smallest absolute Gasteiger partial charge is 0.289 e. The van der Waals surface area contributed by atoms with Gasteiger partial charge >= 0.3 is 0 Å². The summed E-state index contributed by atoms with van der Waals surface area (Å²) in [5, 5.41) is 12.3. The summed E-state index contributed by atoms with van der Waals surface area (Å²) in [6.45, 7) is 2.55. The van der Waals surface area contributed by atoms with Crippen molar-refractivity contribution in [2.75, 3.05) is 37.3 Å². The van der Waals surface area contributed by atoms with Gasteiger partial charge < -0.3 is 14.2 Å². The van der Waals surface area contributed by atoms with Gasteiger partial charge in [-0.1, -0.05) is 23.4 Å². The van der Waals surface area contributed by atoms with Gasteiger partial charge in [0.1, 0.15) is 0 Å². The Morgan fingerprint density at radius 1 is 1.33 bits per heavy atom. The maximum Gasteiger partial charge on any atom is 0.289 e. The Morgan fingerprint density at radius 2 is 2.11 bits per heavy atom. The predicted molar refractivity (Wildman–Crippen MR) is 108 cm³/mol. The van der Waals surface area contributed by atoms with Crippen LogP contribution in [0.15, 0.2) is 46.0 Å². The van der Waals surface area contributed by atoms with E-state index >= 15 is 0 Å². The maximum absolute atomic E-state index is 12.3. The summed E-state index contributed by atoms with van der Waals surface area (Å²) in [6, 6.07) is 8.93. The fourth-order valence-electron chi connectivity index (χ4n) is 2.82. The number of amides is 1. The van der Waals surface area contributed by atoms with E-state index in [0.29, 0.717) is 47.8 Å². The highest BCUT2D eigenvalue weighted by Crippen LogP contribution is 2.31. The lowest BCUT2D eigenvalue weighted by atomic mass is 10.2. The molecule has 2 heterocycles. The van der Waals surface area contributed by atoms with Crippen molar-refractivity contribution in [3.63, 3.8) is 0 Å². The second kappa shape index (κ2) is 8.84. The van der Waals surface area contributed by atoms with Crippen molar-refractivity contribution >= 4 is 45.8 Å². The molecule has 2 aromatic rings. The molecule has 1 aromatic heterocycles. The third-order valence-corrected chi connectivity index (χ3v) is 5.04. The molecule has 1 fully saturated rings. The second-order valence-electron chi connectivity index (χ2n) is 5.75. The largest absolute Gasteiger partial charge is 0.459 e. The SMILES string of the molecule is CSC(=Nc1ccc(N2CCN(C(=O)c3ccco3)CC2)c(Cl)c1)NC#N. The molecule has 1 aromatic carbocycles. The topological polar surface area (TPSA) is 84.9 Å². The van der Waals surface area contributed by atoms with E-state index in [9.17, 15) is 4.79 Å². The first kappa shape index (κ1) is 19.1. The number of aliphatic imine (C=N–C) groups is 1. The van der Waals surface area contributed by atoms with E-state index in [0.717, 1.165) is 5.69 Å². The number of furan rings is 1. The van der Waals surface area contributed by atoms with E-state index in [1.165, 1.54) is 18.0 Å². The number of anilines is 1. The molecule has 0 bridgehead atoms. The molecule has 1 N–H and O–H groups in total. The molecule has 1 amide bonds. The van der Waals surface area contributed by atoms with Gasteiger partial charge in [-0.15, -0.1) is 0 Å². The van der Waals surface area contributed by atoms with Gasteiger partial charge in [-0.3, -0.25) is 10.1 Å². The molecule has 0 aliphatic carbocycles. The molecule has 0 radical (unpaired) electrons. The van der Waals surface area contributed by atoms with E-state index in [1.807, 2.05) is 24.6 Å². The van der Waals surface area contributed by atoms with E-state index < -0.39 is 0 Å². The third kappa shape index (κ3) is 4.56. The van der Waals surface area contributed by atoms with E-state index in [4.69, 9.17) is 21.3 Å². The molecule has 140 valence electrons. The van der Waals surface area contributed by atoms with Gasteiger partial charge in [-0.2, -0.15) is 5.26 Å². The van der Waals surface area contributed by atoms with Gasteiger partial charge in [0.2, 0.25) is 0 Å². The zero-order chi connectivity index (χ0) is 19.2. The van der Waals surface area contributed by atoms with Gasteiger partial charge in [0, 0.05) is 26.2 Å². The summed E-state index contributed by atoms with van der Waals surface area (Å²) in [7, 11) is 0. The van der Waals surface area contributed by atoms with Crippen LogP contribution in [0.25, 0.3) is 0 Å². The molecule has 0 atom stereocenters.